The van der Waals surface area contributed by atoms with Gasteiger partial charge in [0.1, 0.15) is 11.4 Å². The first-order chi connectivity index (χ1) is 16.0. The van der Waals surface area contributed by atoms with Crippen molar-refractivity contribution < 1.29 is 14.1 Å². The van der Waals surface area contributed by atoms with Crippen LogP contribution in [-0.2, 0) is 17.8 Å². The molecule has 0 aliphatic carbocycles. The summed E-state index contributed by atoms with van der Waals surface area (Å²) in [6, 6.07) is 15.1. The lowest BCUT2D eigenvalue weighted by atomic mass is 10.1. The summed E-state index contributed by atoms with van der Waals surface area (Å²) >= 11 is 7.25. The number of carbonyl (C=O) groups excluding carboxylic acids is 1. The first-order valence-corrected chi connectivity index (χ1v) is 12.2. The third-order valence-corrected chi connectivity index (χ3v) is 6.21. The number of thioether (sulfide) groups is 1. The van der Waals surface area contributed by atoms with Crippen molar-refractivity contribution in [3.05, 3.63) is 76.6 Å². The predicted molar refractivity (Wildman–Crippen MR) is 133 cm³/mol. The number of aryl methyl sites for hydroxylation is 2. The van der Waals surface area contributed by atoms with Crippen molar-refractivity contribution in [1.29, 1.82) is 0 Å². The number of halogens is 1. The lowest BCUT2D eigenvalue weighted by Gasteiger charge is -2.17. The topological polar surface area (TPSA) is 77.2 Å². The highest BCUT2D eigenvalue weighted by Crippen LogP contribution is 2.27. The molecule has 8 heteroatoms. The number of hydrogen-bond acceptors (Lipinski definition) is 6. The maximum absolute atomic E-state index is 12.8. The molecule has 33 heavy (non-hydrogen) atoms. The number of fused-ring (bicyclic) bond motifs is 1. The number of pyridine rings is 1. The molecule has 0 fully saturated rings. The molecule has 1 N–H and O–H groups in total. The number of carbonyl (C=O) groups is 1. The van der Waals surface area contributed by atoms with Crippen molar-refractivity contribution in [2.24, 2.45) is 0 Å². The van der Waals surface area contributed by atoms with Gasteiger partial charge in [0, 0.05) is 28.2 Å². The molecule has 0 radical (unpaired) electrons. The summed E-state index contributed by atoms with van der Waals surface area (Å²) < 4.78 is 11.4. The Labute approximate surface area is 201 Å². The second-order valence-electron chi connectivity index (χ2n) is 7.60. The smallest absolute Gasteiger partial charge is 0.272 e. The van der Waals surface area contributed by atoms with Gasteiger partial charge < -0.3 is 14.6 Å². The zero-order chi connectivity index (χ0) is 23.4. The van der Waals surface area contributed by atoms with E-state index in [4.69, 9.17) is 20.9 Å². The van der Waals surface area contributed by atoms with Crippen LogP contribution in [-0.4, -0.2) is 27.7 Å². The monoisotopic (exact) mass is 481 g/mol. The number of amides is 1. The molecular formula is C25H24ClN3O3S. The molecular weight excluding hydrogens is 458 g/mol. The van der Waals surface area contributed by atoms with E-state index in [0.29, 0.717) is 22.2 Å². The number of ether oxygens (including phenoxy) is 1. The van der Waals surface area contributed by atoms with Gasteiger partial charge in [0.25, 0.3) is 5.91 Å². The highest BCUT2D eigenvalue weighted by Gasteiger charge is 2.20. The summed E-state index contributed by atoms with van der Waals surface area (Å²) in [5, 5.41) is 8.59. The van der Waals surface area contributed by atoms with Crippen LogP contribution in [0.15, 0.2) is 59.3 Å². The number of rotatable bonds is 8. The van der Waals surface area contributed by atoms with Crippen LogP contribution in [0.5, 0.6) is 5.75 Å². The molecule has 1 unspecified atom stereocenters. The van der Waals surface area contributed by atoms with Crippen molar-refractivity contribution in [2.75, 3.05) is 6.26 Å². The highest BCUT2D eigenvalue weighted by molar-refractivity contribution is 7.99. The summed E-state index contributed by atoms with van der Waals surface area (Å²) in [5.74, 6) is 0.937. The third-order valence-electron chi connectivity index (χ3n) is 5.22. The fourth-order valence-electron chi connectivity index (χ4n) is 3.45. The summed E-state index contributed by atoms with van der Waals surface area (Å²) in [6.45, 7) is 4.29. The summed E-state index contributed by atoms with van der Waals surface area (Å²) in [4.78, 5) is 17.3. The molecule has 0 saturated carbocycles. The predicted octanol–water partition coefficient (Wildman–Crippen LogP) is 5.80. The van der Waals surface area contributed by atoms with Crippen molar-refractivity contribution >= 4 is 40.2 Å². The molecule has 2 heterocycles. The Morgan fingerprint density at radius 2 is 2.00 bits per heavy atom. The molecule has 2 aromatic heterocycles. The van der Waals surface area contributed by atoms with E-state index in [1.807, 2.05) is 43.6 Å². The second kappa shape index (κ2) is 10.3. The van der Waals surface area contributed by atoms with Gasteiger partial charge in [-0.1, -0.05) is 35.8 Å². The SMILES string of the molecule is CCc1cnc2c(C)cc(OC(SC)C(=O)NCc3cc(-c4ccc(Cl)cc4)no3)cc2c1. The average Bonchev–Trinajstić information content (AvgIpc) is 3.30. The molecule has 1 atom stereocenters. The first-order valence-electron chi connectivity index (χ1n) is 10.5. The molecule has 2 aromatic carbocycles. The second-order valence-corrected chi connectivity index (χ2v) is 8.93. The lowest BCUT2D eigenvalue weighted by Crippen LogP contribution is -2.35. The van der Waals surface area contributed by atoms with Gasteiger partial charge in [-0.15, -0.1) is 11.8 Å². The van der Waals surface area contributed by atoms with Crippen LogP contribution < -0.4 is 10.1 Å². The molecule has 170 valence electrons. The van der Waals surface area contributed by atoms with E-state index in [9.17, 15) is 4.79 Å². The van der Waals surface area contributed by atoms with E-state index in [1.54, 1.807) is 18.2 Å². The molecule has 0 spiro atoms. The lowest BCUT2D eigenvalue weighted by molar-refractivity contribution is -0.124. The molecule has 6 nitrogen and oxygen atoms in total. The van der Waals surface area contributed by atoms with E-state index in [-0.39, 0.29) is 12.5 Å². The number of hydrogen-bond donors (Lipinski definition) is 1. The Kier molecular flexibility index (Phi) is 7.20. The van der Waals surface area contributed by atoms with Crippen molar-refractivity contribution in [2.45, 2.75) is 32.2 Å². The number of nitrogens with one attached hydrogen (secondary N) is 1. The minimum absolute atomic E-state index is 0.209. The third kappa shape index (κ3) is 5.49. The normalized spacial score (nSPS) is 12.0. The van der Waals surface area contributed by atoms with E-state index in [2.05, 4.69) is 28.4 Å². The molecule has 0 saturated heterocycles. The molecule has 1 amide bonds. The highest BCUT2D eigenvalue weighted by atomic mass is 35.5. The average molecular weight is 482 g/mol. The van der Waals surface area contributed by atoms with Gasteiger partial charge in [-0.3, -0.25) is 9.78 Å². The van der Waals surface area contributed by atoms with E-state index >= 15 is 0 Å². The fraction of sp³-hybridized carbons (Fsp3) is 0.240. The number of benzene rings is 2. The molecule has 0 aliphatic rings. The maximum Gasteiger partial charge on any atom is 0.272 e. The van der Waals surface area contributed by atoms with Gasteiger partial charge in [0.05, 0.1) is 12.1 Å². The van der Waals surface area contributed by atoms with Gasteiger partial charge in [-0.25, -0.2) is 0 Å². The standard InChI is InChI=1S/C25H24ClN3O3S/c1-4-16-10-18-11-20(9-15(2)23(18)27-13-16)31-25(33-3)24(30)28-14-21-12-22(29-32-21)17-5-7-19(26)8-6-17/h5-13,25H,4,14H2,1-3H3,(H,28,30). The zero-order valence-corrected chi connectivity index (χ0v) is 20.2. The Balaban J connectivity index is 1.42. The van der Waals surface area contributed by atoms with Crippen LogP contribution in [0.1, 0.15) is 23.8 Å². The van der Waals surface area contributed by atoms with Crippen LogP contribution in [0.2, 0.25) is 5.02 Å². The molecule has 4 aromatic rings. The van der Waals surface area contributed by atoms with Crippen molar-refractivity contribution in [3.8, 4) is 17.0 Å². The quantitative estimate of drug-likeness (QED) is 0.320. The van der Waals surface area contributed by atoms with Crippen LogP contribution in [0.3, 0.4) is 0 Å². The van der Waals surface area contributed by atoms with Crippen LogP contribution in [0.4, 0.5) is 0 Å². The van der Waals surface area contributed by atoms with E-state index < -0.39 is 5.44 Å². The molecule has 0 aliphatic heterocycles. The fourth-order valence-corrected chi connectivity index (χ4v) is 4.08. The van der Waals surface area contributed by atoms with Gasteiger partial charge in [-0.2, -0.15) is 0 Å². The number of aromatic nitrogens is 2. The van der Waals surface area contributed by atoms with Gasteiger partial charge >= 0.3 is 0 Å². The van der Waals surface area contributed by atoms with Gasteiger partial charge in [0.15, 0.2) is 5.76 Å². The Bertz CT molecular complexity index is 1270. The Hall–Kier alpha value is -3.03. The maximum atomic E-state index is 12.8. The van der Waals surface area contributed by atoms with Gasteiger partial charge in [-0.05, 0) is 61.1 Å². The minimum atomic E-state index is -0.706. The number of nitrogens with zero attached hydrogens (tertiary/aromatic N) is 2. The van der Waals surface area contributed by atoms with Crippen molar-refractivity contribution in [3.63, 3.8) is 0 Å². The van der Waals surface area contributed by atoms with Crippen LogP contribution >= 0.6 is 23.4 Å². The molecule has 0 bridgehead atoms. The van der Waals surface area contributed by atoms with E-state index in [0.717, 1.165) is 34.0 Å². The van der Waals surface area contributed by atoms with Crippen LogP contribution in [0, 0.1) is 6.92 Å². The Morgan fingerprint density at radius 3 is 2.73 bits per heavy atom. The molecule has 4 rings (SSSR count). The first kappa shape index (κ1) is 23.1. The van der Waals surface area contributed by atoms with Crippen LogP contribution in [0.25, 0.3) is 22.2 Å². The minimum Gasteiger partial charge on any atom is -0.470 e. The summed E-state index contributed by atoms with van der Waals surface area (Å²) in [6.07, 6.45) is 4.64. The largest absolute Gasteiger partial charge is 0.470 e. The van der Waals surface area contributed by atoms with Gasteiger partial charge in [0.2, 0.25) is 5.44 Å². The summed E-state index contributed by atoms with van der Waals surface area (Å²) in [7, 11) is 0. The van der Waals surface area contributed by atoms with Crippen molar-refractivity contribution in [1.82, 2.24) is 15.5 Å². The zero-order valence-electron chi connectivity index (χ0n) is 18.6. The van der Waals surface area contributed by atoms with E-state index in [1.165, 1.54) is 11.8 Å². The summed E-state index contributed by atoms with van der Waals surface area (Å²) in [5.41, 5.74) is 3.96. The Morgan fingerprint density at radius 1 is 1.21 bits per heavy atom.